The number of ether oxygens (including phenoxy) is 2. The highest BCUT2D eigenvalue weighted by Crippen LogP contribution is 2.33. The Hall–Kier alpha value is -3.57. The second-order valence-electron chi connectivity index (χ2n) is 8.77. The van der Waals surface area contributed by atoms with Crippen molar-refractivity contribution < 1.29 is 17.9 Å². The number of methoxy groups -OCH3 is 1. The van der Waals surface area contributed by atoms with Gasteiger partial charge in [0.25, 0.3) is 0 Å². The van der Waals surface area contributed by atoms with Crippen LogP contribution in [0.15, 0.2) is 107 Å². The van der Waals surface area contributed by atoms with Crippen molar-refractivity contribution in [3.63, 3.8) is 0 Å². The van der Waals surface area contributed by atoms with Crippen LogP contribution in [0.1, 0.15) is 38.0 Å². The zero-order chi connectivity index (χ0) is 24.3. The molecule has 0 aliphatic carbocycles. The molecule has 0 aromatic heterocycles. The first-order chi connectivity index (χ1) is 16.2. The molecule has 35 heavy (non-hydrogen) atoms. The molecule has 0 fully saturated rings. The molecular formula is C30H32O4S. The Morgan fingerprint density at radius 3 is 1.40 bits per heavy atom. The van der Waals surface area contributed by atoms with Crippen LogP contribution in [0.5, 0.6) is 17.2 Å². The summed E-state index contributed by atoms with van der Waals surface area (Å²) in [6.07, 6.45) is 0. The maximum Gasteiger partial charge on any atom is 0.206 e. The Bertz CT molecular complexity index is 1350. The van der Waals surface area contributed by atoms with E-state index in [4.69, 9.17) is 9.47 Å². The SMILES string of the molecule is C.COc1ccc(S(=O)(=O)c2ccc(Oc3ccc(C(C)(C)c4ccc(C)cc4)cc3)cc2)cc1. The van der Waals surface area contributed by atoms with Crippen LogP contribution in [-0.4, -0.2) is 15.5 Å². The summed E-state index contributed by atoms with van der Waals surface area (Å²) in [5.74, 6) is 1.87. The summed E-state index contributed by atoms with van der Waals surface area (Å²) in [5, 5.41) is 0. The van der Waals surface area contributed by atoms with Crippen LogP contribution in [0.3, 0.4) is 0 Å². The second kappa shape index (κ2) is 10.4. The van der Waals surface area contributed by atoms with Crippen LogP contribution in [-0.2, 0) is 15.3 Å². The molecule has 4 aromatic rings. The highest BCUT2D eigenvalue weighted by Gasteiger charge is 2.23. The third-order valence-electron chi connectivity index (χ3n) is 6.09. The van der Waals surface area contributed by atoms with Crippen LogP contribution in [0.4, 0.5) is 0 Å². The number of benzene rings is 4. The van der Waals surface area contributed by atoms with Gasteiger partial charge in [0, 0.05) is 5.41 Å². The number of hydrogen-bond acceptors (Lipinski definition) is 4. The van der Waals surface area contributed by atoms with Gasteiger partial charge in [0.15, 0.2) is 0 Å². The molecule has 4 rings (SSSR count). The molecule has 0 atom stereocenters. The minimum atomic E-state index is -3.62. The molecule has 0 heterocycles. The van der Waals surface area contributed by atoms with Gasteiger partial charge in [0.1, 0.15) is 17.2 Å². The van der Waals surface area contributed by atoms with Gasteiger partial charge in [-0.15, -0.1) is 0 Å². The predicted octanol–water partition coefficient (Wildman–Crippen LogP) is 7.59. The highest BCUT2D eigenvalue weighted by atomic mass is 32.2. The van der Waals surface area contributed by atoms with E-state index in [9.17, 15) is 8.42 Å². The van der Waals surface area contributed by atoms with E-state index in [-0.39, 0.29) is 22.6 Å². The van der Waals surface area contributed by atoms with Crippen molar-refractivity contribution in [2.24, 2.45) is 0 Å². The fraction of sp³-hybridized carbons (Fsp3) is 0.200. The van der Waals surface area contributed by atoms with Crippen molar-refractivity contribution in [2.75, 3.05) is 7.11 Å². The third-order valence-corrected chi connectivity index (χ3v) is 7.87. The van der Waals surface area contributed by atoms with Crippen molar-refractivity contribution in [1.29, 1.82) is 0 Å². The second-order valence-corrected chi connectivity index (χ2v) is 10.7. The summed E-state index contributed by atoms with van der Waals surface area (Å²) in [6, 6.07) is 29.4. The van der Waals surface area contributed by atoms with E-state index in [1.807, 2.05) is 12.1 Å². The minimum Gasteiger partial charge on any atom is -0.497 e. The third kappa shape index (κ3) is 5.57. The molecule has 0 saturated heterocycles. The van der Waals surface area contributed by atoms with Crippen LogP contribution in [0.25, 0.3) is 0 Å². The Balaban J connectivity index is 0.00000342. The Labute approximate surface area is 209 Å². The van der Waals surface area contributed by atoms with Gasteiger partial charge in [0.2, 0.25) is 9.84 Å². The Morgan fingerprint density at radius 1 is 0.600 bits per heavy atom. The molecule has 5 heteroatoms. The van der Waals surface area contributed by atoms with E-state index in [1.54, 1.807) is 43.5 Å². The van der Waals surface area contributed by atoms with Gasteiger partial charge in [-0.2, -0.15) is 0 Å². The average Bonchev–Trinajstić information content (AvgIpc) is 2.85. The molecule has 4 aromatic carbocycles. The van der Waals surface area contributed by atoms with E-state index >= 15 is 0 Å². The first-order valence-corrected chi connectivity index (χ1v) is 12.5. The minimum absolute atomic E-state index is 0. The summed E-state index contributed by atoms with van der Waals surface area (Å²) >= 11 is 0. The molecule has 0 unspecified atom stereocenters. The van der Waals surface area contributed by atoms with E-state index in [0.717, 1.165) is 0 Å². The summed E-state index contributed by atoms with van der Waals surface area (Å²) in [4.78, 5) is 0.425. The first kappa shape index (κ1) is 26.0. The van der Waals surface area contributed by atoms with Gasteiger partial charge in [-0.1, -0.05) is 63.2 Å². The lowest BCUT2D eigenvalue weighted by atomic mass is 9.78. The van der Waals surface area contributed by atoms with E-state index in [1.165, 1.54) is 28.8 Å². The first-order valence-electron chi connectivity index (χ1n) is 11.0. The summed E-state index contributed by atoms with van der Waals surface area (Å²) in [6.45, 7) is 6.50. The van der Waals surface area contributed by atoms with Crippen molar-refractivity contribution in [2.45, 2.75) is 43.4 Å². The molecule has 0 aliphatic heterocycles. The van der Waals surface area contributed by atoms with Gasteiger partial charge < -0.3 is 9.47 Å². The quantitative estimate of drug-likeness (QED) is 0.269. The van der Waals surface area contributed by atoms with Crippen molar-refractivity contribution in [1.82, 2.24) is 0 Å². The van der Waals surface area contributed by atoms with E-state index < -0.39 is 9.84 Å². The van der Waals surface area contributed by atoms with Crippen LogP contribution >= 0.6 is 0 Å². The summed E-state index contributed by atoms with van der Waals surface area (Å²) in [7, 11) is -2.07. The van der Waals surface area contributed by atoms with Crippen molar-refractivity contribution in [3.8, 4) is 17.2 Å². The topological polar surface area (TPSA) is 52.6 Å². The molecular weight excluding hydrogens is 456 g/mol. The van der Waals surface area contributed by atoms with E-state index in [0.29, 0.717) is 17.2 Å². The largest absolute Gasteiger partial charge is 0.497 e. The molecule has 0 bridgehead atoms. The lowest BCUT2D eigenvalue weighted by molar-refractivity contribution is 0.414. The molecule has 4 nitrogen and oxygen atoms in total. The number of sulfone groups is 1. The molecule has 182 valence electrons. The van der Waals surface area contributed by atoms with Gasteiger partial charge in [0.05, 0.1) is 16.9 Å². The van der Waals surface area contributed by atoms with Crippen molar-refractivity contribution >= 4 is 9.84 Å². The normalized spacial score (nSPS) is 11.4. The van der Waals surface area contributed by atoms with Gasteiger partial charge in [-0.3, -0.25) is 0 Å². The fourth-order valence-corrected chi connectivity index (χ4v) is 5.05. The van der Waals surface area contributed by atoms with Crippen LogP contribution in [0, 0.1) is 6.92 Å². The summed E-state index contributed by atoms with van der Waals surface area (Å²) in [5.41, 5.74) is 3.54. The highest BCUT2D eigenvalue weighted by molar-refractivity contribution is 7.91. The maximum absolute atomic E-state index is 12.9. The monoisotopic (exact) mass is 488 g/mol. The van der Waals surface area contributed by atoms with Gasteiger partial charge in [-0.25, -0.2) is 8.42 Å². The molecule has 0 saturated carbocycles. The number of aryl methyl sites for hydroxylation is 1. The number of rotatable bonds is 7. The molecule has 0 radical (unpaired) electrons. The van der Waals surface area contributed by atoms with Gasteiger partial charge in [-0.05, 0) is 78.7 Å². The predicted molar refractivity (Wildman–Crippen MR) is 141 cm³/mol. The van der Waals surface area contributed by atoms with Crippen LogP contribution < -0.4 is 9.47 Å². The molecule has 0 spiro atoms. The Kier molecular flexibility index (Phi) is 7.71. The smallest absolute Gasteiger partial charge is 0.206 e. The van der Waals surface area contributed by atoms with Crippen molar-refractivity contribution in [3.05, 3.63) is 114 Å². The lowest BCUT2D eigenvalue weighted by Gasteiger charge is -2.26. The average molecular weight is 489 g/mol. The zero-order valence-electron chi connectivity index (χ0n) is 19.8. The standard InChI is InChI=1S/C29H28O4S.CH4/c1-21-5-7-22(8-6-21)29(2,3)23-9-11-25(12-10-23)33-26-15-19-28(20-16-26)34(30,31)27-17-13-24(32-4)14-18-27;/h5-20H,1-4H3;1H4. The molecule has 0 N–H and O–H groups in total. The lowest BCUT2D eigenvalue weighted by Crippen LogP contribution is -2.18. The van der Waals surface area contributed by atoms with Crippen LogP contribution in [0.2, 0.25) is 0 Å². The molecule has 0 amide bonds. The molecule has 0 aliphatic rings. The Morgan fingerprint density at radius 2 is 0.971 bits per heavy atom. The van der Waals surface area contributed by atoms with E-state index in [2.05, 4.69) is 57.2 Å². The van der Waals surface area contributed by atoms with Gasteiger partial charge >= 0.3 is 0 Å². The maximum atomic E-state index is 12.9. The summed E-state index contributed by atoms with van der Waals surface area (Å²) < 4.78 is 36.8. The fourth-order valence-electron chi connectivity index (χ4n) is 3.79. The number of hydrogen-bond donors (Lipinski definition) is 0. The zero-order valence-corrected chi connectivity index (χ0v) is 20.6.